The van der Waals surface area contributed by atoms with Crippen molar-refractivity contribution in [2.45, 2.75) is 6.92 Å². The Kier molecular flexibility index (Phi) is 1.89. The van der Waals surface area contributed by atoms with Gasteiger partial charge in [-0.15, -0.1) is 0 Å². The van der Waals surface area contributed by atoms with Crippen molar-refractivity contribution in [1.82, 2.24) is 4.98 Å². The van der Waals surface area contributed by atoms with Crippen molar-refractivity contribution >= 4 is 12.4 Å². The summed E-state index contributed by atoms with van der Waals surface area (Å²) in [6, 6.07) is 2.33. The van der Waals surface area contributed by atoms with Crippen molar-refractivity contribution in [3.05, 3.63) is 24.0 Å². The van der Waals surface area contributed by atoms with Gasteiger partial charge in [-0.25, -0.2) is 0 Å². The number of hydrogen-bond acceptors (Lipinski definition) is 1. The van der Waals surface area contributed by atoms with E-state index in [9.17, 15) is 12.9 Å². The van der Waals surface area contributed by atoms with E-state index in [0.29, 0.717) is 0 Å². The summed E-state index contributed by atoms with van der Waals surface area (Å²) in [5.41, 5.74) is -0.562. The Labute approximate surface area is 62.3 Å². The Morgan fingerprint density at radius 3 is 2.36 bits per heavy atom. The molecule has 5 heteroatoms. The summed E-state index contributed by atoms with van der Waals surface area (Å²) in [6.45, 7) is -3.54. The van der Waals surface area contributed by atoms with Crippen LogP contribution in [-0.4, -0.2) is 12.0 Å². The first kappa shape index (κ1) is 8.10. The van der Waals surface area contributed by atoms with E-state index in [1.54, 1.807) is 0 Å². The molecule has 0 saturated carbocycles. The third-order valence-corrected chi connectivity index (χ3v) is 1.40. The highest BCUT2D eigenvalue weighted by Crippen LogP contribution is 2.09. The van der Waals surface area contributed by atoms with Crippen LogP contribution >= 0.6 is 0 Å². The normalized spacial score (nSPS) is 11.6. The maximum absolute atomic E-state index is 12.1. The van der Waals surface area contributed by atoms with Gasteiger partial charge in [0.25, 0.3) is 0 Å². The van der Waals surface area contributed by atoms with Gasteiger partial charge in [0.2, 0.25) is 0 Å². The van der Waals surface area contributed by atoms with E-state index in [1.807, 2.05) is 0 Å². The molecule has 1 aromatic rings. The van der Waals surface area contributed by atoms with Gasteiger partial charge in [0.05, 0.1) is 0 Å². The molecule has 0 amide bonds. The molecule has 0 unspecified atom stereocenters. The Bertz CT molecular complexity index is 258. The van der Waals surface area contributed by atoms with Crippen LogP contribution in [0.1, 0.15) is 5.69 Å². The standard InChI is InChI=1S/C6H6BF3N/c1-5-6(7(8,9)10)3-2-4-11-5/h2-4H,1H3/q-1. The van der Waals surface area contributed by atoms with Crippen LogP contribution in [0.3, 0.4) is 0 Å². The molecule has 0 bridgehead atoms. The van der Waals surface area contributed by atoms with Crippen LogP contribution < -0.4 is 5.46 Å². The second-order valence-corrected chi connectivity index (χ2v) is 2.25. The fraction of sp³-hybridized carbons (Fsp3) is 0.167. The fourth-order valence-corrected chi connectivity index (χ4v) is 0.843. The van der Waals surface area contributed by atoms with E-state index < -0.39 is 12.4 Å². The highest BCUT2D eigenvalue weighted by atomic mass is 19.4. The van der Waals surface area contributed by atoms with E-state index in [1.165, 1.54) is 19.2 Å². The molecule has 0 N–H and O–H groups in total. The summed E-state index contributed by atoms with van der Waals surface area (Å²) in [6.07, 6.45) is 1.35. The quantitative estimate of drug-likeness (QED) is 0.566. The second kappa shape index (κ2) is 2.56. The molecule has 0 spiro atoms. The molecule has 0 saturated heterocycles. The van der Waals surface area contributed by atoms with Gasteiger partial charge >= 0.3 is 6.98 Å². The number of aromatic nitrogens is 1. The lowest BCUT2D eigenvalue weighted by Gasteiger charge is -2.15. The monoisotopic (exact) mass is 160 g/mol. The van der Waals surface area contributed by atoms with Crippen molar-refractivity contribution in [1.29, 1.82) is 0 Å². The summed E-state index contributed by atoms with van der Waals surface area (Å²) in [4.78, 5) is 3.54. The predicted molar refractivity (Wildman–Crippen MR) is 37.7 cm³/mol. The summed E-state index contributed by atoms with van der Waals surface area (Å²) in [5, 5.41) is 0. The summed E-state index contributed by atoms with van der Waals surface area (Å²) < 4.78 is 36.2. The molecule has 1 heterocycles. The van der Waals surface area contributed by atoms with E-state index in [0.717, 1.165) is 6.07 Å². The molecule has 0 radical (unpaired) electrons. The minimum Gasteiger partial charge on any atom is -0.445 e. The molecule has 0 aromatic carbocycles. The Balaban J connectivity index is 3.14. The van der Waals surface area contributed by atoms with E-state index in [2.05, 4.69) is 4.98 Å². The highest BCUT2D eigenvalue weighted by molar-refractivity contribution is 6.73. The van der Waals surface area contributed by atoms with Gasteiger partial charge in [-0.1, -0.05) is 11.5 Å². The number of aryl methyl sites for hydroxylation is 1. The maximum Gasteiger partial charge on any atom is 0.511 e. The summed E-state index contributed by atoms with van der Waals surface area (Å²) in [5.74, 6) is 0. The molecule has 1 rings (SSSR count). The Morgan fingerprint density at radius 2 is 2.00 bits per heavy atom. The molecular formula is C6H6BF3N-. The Hall–Kier alpha value is -0.995. The zero-order valence-corrected chi connectivity index (χ0v) is 5.89. The number of nitrogens with zero attached hydrogens (tertiary/aromatic N) is 1. The second-order valence-electron chi connectivity index (χ2n) is 2.25. The van der Waals surface area contributed by atoms with E-state index in [-0.39, 0.29) is 5.69 Å². The average molecular weight is 160 g/mol. The fourth-order valence-electron chi connectivity index (χ4n) is 0.843. The van der Waals surface area contributed by atoms with Crippen LogP contribution in [0.2, 0.25) is 0 Å². The van der Waals surface area contributed by atoms with Crippen molar-refractivity contribution in [3.8, 4) is 0 Å². The molecule has 0 aliphatic carbocycles. The van der Waals surface area contributed by atoms with Crippen molar-refractivity contribution < 1.29 is 12.9 Å². The molecular weight excluding hydrogens is 154 g/mol. The molecule has 0 aliphatic heterocycles. The first-order chi connectivity index (χ1) is 5.02. The van der Waals surface area contributed by atoms with Gasteiger partial charge in [0.15, 0.2) is 0 Å². The number of pyridine rings is 1. The van der Waals surface area contributed by atoms with Crippen LogP contribution in [-0.2, 0) is 0 Å². The van der Waals surface area contributed by atoms with Crippen molar-refractivity contribution in [2.75, 3.05) is 0 Å². The van der Waals surface area contributed by atoms with Gasteiger partial charge < -0.3 is 12.9 Å². The lowest BCUT2D eigenvalue weighted by molar-refractivity contribution is 0.500. The molecule has 1 nitrogen and oxygen atoms in total. The SMILES string of the molecule is Cc1ncccc1[B-](F)(F)F. The highest BCUT2D eigenvalue weighted by Gasteiger charge is 2.27. The van der Waals surface area contributed by atoms with Gasteiger partial charge in [-0.3, -0.25) is 4.98 Å². The van der Waals surface area contributed by atoms with Crippen LogP contribution in [0.25, 0.3) is 0 Å². The first-order valence-corrected chi connectivity index (χ1v) is 3.13. The minimum atomic E-state index is -4.89. The molecule has 0 aliphatic rings. The van der Waals surface area contributed by atoms with Crippen molar-refractivity contribution in [3.63, 3.8) is 0 Å². The number of halogens is 3. The molecule has 0 fully saturated rings. The molecule has 0 atom stereocenters. The largest absolute Gasteiger partial charge is 0.511 e. The first-order valence-electron chi connectivity index (χ1n) is 3.13. The Morgan fingerprint density at radius 1 is 1.36 bits per heavy atom. The van der Waals surface area contributed by atoms with Crippen molar-refractivity contribution in [2.24, 2.45) is 0 Å². The minimum absolute atomic E-state index is 0.0417. The topological polar surface area (TPSA) is 12.9 Å². The van der Waals surface area contributed by atoms with Gasteiger partial charge in [-0.05, 0) is 13.0 Å². The van der Waals surface area contributed by atoms with Crippen LogP contribution in [0.15, 0.2) is 18.3 Å². The van der Waals surface area contributed by atoms with Crippen LogP contribution in [0.5, 0.6) is 0 Å². The smallest absolute Gasteiger partial charge is 0.445 e. The number of hydrogen-bond donors (Lipinski definition) is 0. The third-order valence-electron chi connectivity index (χ3n) is 1.40. The van der Waals surface area contributed by atoms with E-state index >= 15 is 0 Å². The third kappa shape index (κ3) is 1.72. The zero-order chi connectivity index (χ0) is 8.48. The van der Waals surface area contributed by atoms with Gasteiger partial charge in [-0.2, -0.15) is 0 Å². The molecule has 11 heavy (non-hydrogen) atoms. The number of rotatable bonds is 1. The molecule has 1 aromatic heterocycles. The summed E-state index contributed by atoms with van der Waals surface area (Å²) >= 11 is 0. The zero-order valence-electron chi connectivity index (χ0n) is 5.89. The van der Waals surface area contributed by atoms with E-state index in [4.69, 9.17) is 0 Å². The summed E-state index contributed by atoms with van der Waals surface area (Å²) in [7, 11) is 0. The van der Waals surface area contributed by atoms with Gasteiger partial charge in [0, 0.05) is 11.9 Å². The van der Waals surface area contributed by atoms with Gasteiger partial charge in [0.1, 0.15) is 0 Å². The maximum atomic E-state index is 12.1. The van der Waals surface area contributed by atoms with Crippen LogP contribution in [0.4, 0.5) is 12.9 Å². The lowest BCUT2D eigenvalue weighted by atomic mass is 9.79. The average Bonchev–Trinajstić information content (AvgIpc) is 1.86. The molecule has 60 valence electrons. The predicted octanol–water partition coefficient (Wildman–Crippen LogP) is 1.44. The van der Waals surface area contributed by atoms with Crippen LogP contribution in [0, 0.1) is 6.92 Å². The lowest BCUT2D eigenvalue weighted by Crippen LogP contribution is -2.36.